The van der Waals surface area contributed by atoms with Gasteiger partial charge in [0.15, 0.2) is 0 Å². The fourth-order valence-corrected chi connectivity index (χ4v) is 2.37. The van der Waals surface area contributed by atoms with Gasteiger partial charge in [0.25, 0.3) is 0 Å². The van der Waals surface area contributed by atoms with Crippen LogP contribution in [0.25, 0.3) is 0 Å². The number of benzene rings is 1. The first-order valence-corrected chi connectivity index (χ1v) is 6.95. The minimum absolute atomic E-state index is 0.439. The van der Waals surface area contributed by atoms with Crippen molar-refractivity contribution in [2.75, 3.05) is 7.11 Å². The molecule has 1 heterocycles. The first-order chi connectivity index (χ1) is 9.63. The minimum atomic E-state index is -0.439. The van der Waals surface area contributed by atoms with Crippen molar-refractivity contribution in [1.82, 2.24) is 9.78 Å². The van der Waals surface area contributed by atoms with Crippen molar-refractivity contribution in [3.8, 4) is 5.75 Å². The normalized spacial score (nSPS) is 12.4. The number of aliphatic hydroxyl groups excluding tert-OH is 1. The van der Waals surface area contributed by atoms with Gasteiger partial charge in [-0.1, -0.05) is 25.1 Å². The molecule has 0 amide bonds. The maximum Gasteiger partial charge on any atom is 0.122 e. The summed E-state index contributed by atoms with van der Waals surface area (Å²) < 4.78 is 7.16. The number of aliphatic hydroxyl groups is 1. The topological polar surface area (TPSA) is 47.3 Å². The highest BCUT2D eigenvalue weighted by molar-refractivity contribution is 5.33. The monoisotopic (exact) mass is 274 g/mol. The summed E-state index contributed by atoms with van der Waals surface area (Å²) in [7, 11) is 3.57. The Morgan fingerprint density at radius 1 is 1.30 bits per heavy atom. The summed E-state index contributed by atoms with van der Waals surface area (Å²) in [4.78, 5) is 0. The van der Waals surface area contributed by atoms with Gasteiger partial charge in [-0.3, -0.25) is 4.68 Å². The summed E-state index contributed by atoms with van der Waals surface area (Å²) in [6.07, 6.45) is 1.65. The van der Waals surface area contributed by atoms with Gasteiger partial charge in [-0.05, 0) is 24.1 Å². The van der Waals surface area contributed by atoms with Crippen LogP contribution in [0.4, 0.5) is 0 Å². The van der Waals surface area contributed by atoms with E-state index >= 15 is 0 Å². The second kappa shape index (κ2) is 6.57. The lowest BCUT2D eigenvalue weighted by Gasteiger charge is -2.13. The average Bonchev–Trinajstić information content (AvgIpc) is 2.80. The van der Waals surface area contributed by atoms with Gasteiger partial charge < -0.3 is 9.84 Å². The number of nitrogens with zero attached hydrogens (tertiary/aromatic N) is 2. The largest absolute Gasteiger partial charge is 0.496 e. The van der Waals surface area contributed by atoms with Crippen molar-refractivity contribution in [3.63, 3.8) is 0 Å². The predicted octanol–water partition coefficient (Wildman–Crippen LogP) is 2.14. The molecule has 20 heavy (non-hydrogen) atoms. The number of aromatic nitrogens is 2. The van der Waals surface area contributed by atoms with E-state index in [4.69, 9.17) is 4.74 Å². The molecule has 1 N–H and O–H groups in total. The Morgan fingerprint density at radius 2 is 2.05 bits per heavy atom. The van der Waals surface area contributed by atoms with Crippen LogP contribution >= 0.6 is 0 Å². The second-order valence-electron chi connectivity index (χ2n) is 4.98. The number of rotatable bonds is 6. The third-order valence-electron chi connectivity index (χ3n) is 3.48. The number of aryl methyl sites for hydroxylation is 2. The summed E-state index contributed by atoms with van der Waals surface area (Å²) in [5, 5.41) is 14.7. The van der Waals surface area contributed by atoms with Gasteiger partial charge in [0.05, 0.1) is 18.9 Å². The van der Waals surface area contributed by atoms with Crippen LogP contribution in [0.15, 0.2) is 30.3 Å². The molecular weight excluding hydrogens is 252 g/mol. The number of para-hydroxylation sites is 1. The van der Waals surface area contributed by atoms with Crippen molar-refractivity contribution in [2.45, 2.75) is 32.3 Å². The molecular formula is C16H22N2O2. The van der Waals surface area contributed by atoms with Crippen molar-refractivity contribution < 1.29 is 9.84 Å². The van der Waals surface area contributed by atoms with Gasteiger partial charge in [-0.2, -0.15) is 5.10 Å². The van der Waals surface area contributed by atoms with E-state index in [0.29, 0.717) is 12.8 Å². The van der Waals surface area contributed by atoms with Crippen molar-refractivity contribution in [3.05, 3.63) is 47.3 Å². The van der Waals surface area contributed by atoms with Gasteiger partial charge in [-0.25, -0.2) is 0 Å². The molecule has 0 bridgehead atoms. The zero-order chi connectivity index (χ0) is 14.5. The maximum absolute atomic E-state index is 10.3. The van der Waals surface area contributed by atoms with Crippen LogP contribution in [-0.4, -0.2) is 28.1 Å². The zero-order valence-electron chi connectivity index (χ0n) is 12.3. The highest BCUT2D eigenvalue weighted by atomic mass is 16.5. The Balaban J connectivity index is 2.04. The second-order valence-corrected chi connectivity index (χ2v) is 4.98. The quantitative estimate of drug-likeness (QED) is 0.878. The summed E-state index contributed by atoms with van der Waals surface area (Å²) in [6.45, 7) is 2.08. The van der Waals surface area contributed by atoms with E-state index in [0.717, 1.165) is 29.1 Å². The first-order valence-electron chi connectivity index (χ1n) is 6.95. The lowest BCUT2D eigenvalue weighted by atomic mass is 10.0. The van der Waals surface area contributed by atoms with Gasteiger partial charge in [0.1, 0.15) is 5.75 Å². The van der Waals surface area contributed by atoms with Crippen LogP contribution < -0.4 is 4.74 Å². The maximum atomic E-state index is 10.3. The summed E-state index contributed by atoms with van der Waals surface area (Å²) >= 11 is 0. The standard InChI is InChI=1S/C16H22N2O2/c1-4-13-10-14(18(2)17-13)11-15(19)9-12-7-5-6-8-16(12)20-3/h5-8,10,15,19H,4,9,11H2,1-3H3. The van der Waals surface area contributed by atoms with Crippen molar-refractivity contribution >= 4 is 0 Å². The minimum Gasteiger partial charge on any atom is -0.496 e. The highest BCUT2D eigenvalue weighted by Gasteiger charge is 2.13. The molecule has 1 aromatic carbocycles. The number of hydrogen-bond acceptors (Lipinski definition) is 3. The van der Waals surface area contributed by atoms with E-state index in [2.05, 4.69) is 18.1 Å². The number of ether oxygens (including phenoxy) is 1. The van der Waals surface area contributed by atoms with E-state index < -0.39 is 6.10 Å². The third-order valence-corrected chi connectivity index (χ3v) is 3.48. The molecule has 0 saturated carbocycles. The molecule has 1 unspecified atom stereocenters. The molecule has 4 heteroatoms. The Bertz CT molecular complexity index is 563. The van der Waals surface area contributed by atoms with E-state index in [1.54, 1.807) is 7.11 Å². The average molecular weight is 274 g/mol. The first kappa shape index (κ1) is 14.6. The molecule has 0 radical (unpaired) electrons. The molecule has 2 aromatic rings. The molecule has 4 nitrogen and oxygen atoms in total. The van der Waals surface area contributed by atoms with E-state index in [1.165, 1.54) is 0 Å². The van der Waals surface area contributed by atoms with Crippen LogP contribution in [0.5, 0.6) is 5.75 Å². The Morgan fingerprint density at radius 3 is 2.70 bits per heavy atom. The molecule has 0 aliphatic heterocycles. The van der Waals surface area contributed by atoms with Gasteiger partial charge in [0.2, 0.25) is 0 Å². The molecule has 1 atom stereocenters. The molecule has 0 spiro atoms. The number of methoxy groups -OCH3 is 1. The summed E-state index contributed by atoms with van der Waals surface area (Å²) in [5.41, 5.74) is 3.15. The molecule has 1 aromatic heterocycles. The van der Waals surface area contributed by atoms with Crippen LogP contribution in [0.2, 0.25) is 0 Å². The smallest absolute Gasteiger partial charge is 0.122 e. The number of hydrogen-bond donors (Lipinski definition) is 1. The van der Waals surface area contributed by atoms with Crippen LogP contribution in [0.1, 0.15) is 23.9 Å². The van der Waals surface area contributed by atoms with Crippen molar-refractivity contribution in [1.29, 1.82) is 0 Å². The van der Waals surface area contributed by atoms with Crippen LogP contribution in [0.3, 0.4) is 0 Å². The lowest BCUT2D eigenvalue weighted by molar-refractivity contribution is 0.171. The molecule has 0 fully saturated rings. The van der Waals surface area contributed by atoms with Gasteiger partial charge in [0, 0.05) is 25.6 Å². The molecule has 0 saturated heterocycles. The van der Waals surface area contributed by atoms with Crippen LogP contribution in [0, 0.1) is 0 Å². The summed E-state index contributed by atoms with van der Waals surface area (Å²) in [5.74, 6) is 0.825. The predicted molar refractivity (Wildman–Crippen MR) is 79.0 cm³/mol. The molecule has 2 rings (SSSR count). The lowest BCUT2D eigenvalue weighted by Crippen LogP contribution is -2.16. The van der Waals surface area contributed by atoms with Gasteiger partial charge >= 0.3 is 0 Å². The van der Waals surface area contributed by atoms with E-state index in [-0.39, 0.29) is 0 Å². The van der Waals surface area contributed by atoms with Crippen molar-refractivity contribution in [2.24, 2.45) is 7.05 Å². The molecule has 108 valence electrons. The Kier molecular flexibility index (Phi) is 4.79. The van der Waals surface area contributed by atoms with Crippen LogP contribution in [-0.2, 0) is 26.3 Å². The van der Waals surface area contributed by atoms with E-state index in [9.17, 15) is 5.11 Å². The third kappa shape index (κ3) is 3.39. The molecule has 0 aliphatic carbocycles. The SMILES string of the molecule is CCc1cc(CC(O)Cc2ccccc2OC)n(C)n1. The zero-order valence-corrected chi connectivity index (χ0v) is 12.3. The Labute approximate surface area is 120 Å². The molecule has 0 aliphatic rings. The Hall–Kier alpha value is -1.81. The van der Waals surface area contributed by atoms with Gasteiger partial charge in [-0.15, -0.1) is 0 Å². The summed E-state index contributed by atoms with van der Waals surface area (Å²) in [6, 6.07) is 9.86. The highest BCUT2D eigenvalue weighted by Crippen LogP contribution is 2.20. The van der Waals surface area contributed by atoms with E-state index in [1.807, 2.05) is 36.0 Å². The fourth-order valence-electron chi connectivity index (χ4n) is 2.37. The fraction of sp³-hybridized carbons (Fsp3) is 0.438.